The predicted octanol–water partition coefficient (Wildman–Crippen LogP) is 0.992. The second-order valence-electron chi connectivity index (χ2n) is 1.30. The van der Waals surface area contributed by atoms with Crippen LogP contribution in [0.2, 0.25) is 0 Å². The Balaban J connectivity index is 0.000000640. The van der Waals surface area contributed by atoms with Gasteiger partial charge in [0.25, 0.3) is 0 Å². The number of hydrogen-bond donors (Lipinski definition) is 1. The van der Waals surface area contributed by atoms with Crippen molar-refractivity contribution in [1.82, 2.24) is 9.66 Å². The van der Waals surface area contributed by atoms with Gasteiger partial charge in [0, 0.05) is 18.6 Å². The maximum atomic E-state index is 3.79. The van der Waals surface area contributed by atoms with Crippen molar-refractivity contribution in [2.24, 2.45) is 0 Å². The van der Waals surface area contributed by atoms with E-state index in [2.05, 4.69) is 17.0 Å². The smallest absolute Gasteiger partial charge is 0.114 e. The summed E-state index contributed by atoms with van der Waals surface area (Å²) in [5, 5.41) is 0. The summed E-state index contributed by atoms with van der Waals surface area (Å²) < 4.78 is 1.70. The molecule has 1 aromatic heterocycles. The molecule has 9 heavy (non-hydrogen) atoms. The first-order valence-corrected chi connectivity index (χ1v) is 2.29. The molecule has 0 amide bonds. The van der Waals surface area contributed by atoms with E-state index in [4.69, 9.17) is 0 Å². The predicted molar refractivity (Wildman–Crippen MR) is 39.0 cm³/mol. The van der Waals surface area contributed by atoms with Gasteiger partial charge in [-0.25, -0.2) is 4.98 Å². The normalized spacial score (nSPS) is 7.56. The molecule has 50 valence electrons. The maximum Gasteiger partial charge on any atom is 0.114 e. The summed E-state index contributed by atoms with van der Waals surface area (Å²) in [5.74, 6) is 0. The summed E-state index contributed by atoms with van der Waals surface area (Å²) >= 11 is 0. The SMILES string of the molecule is C=CNn1ccnc1.Cl. The van der Waals surface area contributed by atoms with E-state index < -0.39 is 0 Å². The molecule has 0 spiro atoms. The number of halogens is 1. The fourth-order valence-corrected chi connectivity index (χ4v) is 0.441. The van der Waals surface area contributed by atoms with Crippen molar-refractivity contribution in [1.29, 1.82) is 0 Å². The molecule has 0 saturated heterocycles. The molecule has 0 fully saturated rings. The van der Waals surface area contributed by atoms with Crippen LogP contribution in [0.15, 0.2) is 31.5 Å². The first kappa shape index (κ1) is 8.04. The topological polar surface area (TPSA) is 29.9 Å². The van der Waals surface area contributed by atoms with Crippen LogP contribution in [-0.4, -0.2) is 9.66 Å². The summed E-state index contributed by atoms with van der Waals surface area (Å²) in [7, 11) is 0. The Hall–Kier alpha value is -0.960. The fraction of sp³-hybridized carbons (Fsp3) is 0. The quantitative estimate of drug-likeness (QED) is 0.673. The monoisotopic (exact) mass is 145 g/mol. The largest absolute Gasteiger partial charge is 0.301 e. The van der Waals surface area contributed by atoms with Gasteiger partial charge in [-0.1, -0.05) is 6.58 Å². The van der Waals surface area contributed by atoms with Gasteiger partial charge >= 0.3 is 0 Å². The number of nitrogens with zero attached hydrogens (tertiary/aromatic N) is 2. The summed E-state index contributed by atoms with van der Waals surface area (Å²) in [6, 6.07) is 0. The van der Waals surface area contributed by atoms with Crippen molar-refractivity contribution < 1.29 is 0 Å². The van der Waals surface area contributed by atoms with Gasteiger partial charge in [0.1, 0.15) is 6.33 Å². The van der Waals surface area contributed by atoms with E-state index in [1.807, 2.05) is 0 Å². The van der Waals surface area contributed by atoms with Crippen molar-refractivity contribution in [3.8, 4) is 0 Å². The molecule has 1 rings (SSSR count). The van der Waals surface area contributed by atoms with Crippen LogP contribution < -0.4 is 5.43 Å². The zero-order valence-corrected chi connectivity index (χ0v) is 5.64. The van der Waals surface area contributed by atoms with Crippen LogP contribution in [0, 0.1) is 0 Å². The Labute approximate surface area is 59.8 Å². The molecular weight excluding hydrogens is 138 g/mol. The first-order chi connectivity index (χ1) is 3.93. The molecule has 0 bridgehead atoms. The van der Waals surface area contributed by atoms with Crippen molar-refractivity contribution in [3.63, 3.8) is 0 Å². The number of rotatable bonds is 2. The van der Waals surface area contributed by atoms with Crippen LogP contribution in [0.25, 0.3) is 0 Å². The molecule has 4 heteroatoms. The average molecular weight is 146 g/mol. The van der Waals surface area contributed by atoms with E-state index in [0.717, 1.165) is 0 Å². The second kappa shape index (κ2) is 3.97. The third-order valence-corrected chi connectivity index (χ3v) is 0.745. The molecule has 1 N–H and O–H groups in total. The van der Waals surface area contributed by atoms with Crippen molar-refractivity contribution in [2.45, 2.75) is 0 Å². The van der Waals surface area contributed by atoms with E-state index in [9.17, 15) is 0 Å². The van der Waals surface area contributed by atoms with E-state index in [1.165, 1.54) is 0 Å². The van der Waals surface area contributed by atoms with E-state index in [-0.39, 0.29) is 12.4 Å². The lowest BCUT2D eigenvalue weighted by molar-refractivity contribution is 0.952. The van der Waals surface area contributed by atoms with Gasteiger partial charge in [-0.2, -0.15) is 0 Å². The van der Waals surface area contributed by atoms with Gasteiger partial charge in [0.15, 0.2) is 0 Å². The highest BCUT2D eigenvalue weighted by molar-refractivity contribution is 5.85. The molecule has 1 heterocycles. The standard InChI is InChI=1S/C5H7N3.ClH/c1-2-7-8-4-3-6-5-8;/h2-5,7H,1H2;1H. The van der Waals surface area contributed by atoms with Gasteiger partial charge in [-0.3, -0.25) is 4.68 Å². The molecule has 0 aliphatic carbocycles. The van der Waals surface area contributed by atoms with Crippen LogP contribution in [-0.2, 0) is 0 Å². The van der Waals surface area contributed by atoms with Gasteiger partial charge in [-0.15, -0.1) is 12.4 Å². The highest BCUT2D eigenvalue weighted by atomic mass is 35.5. The first-order valence-electron chi connectivity index (χ1n) is 2.29. The molecule has 0 unspecified atom stereocenters. The van der Waals surface area contributed by atoms with Crippen LogP contribution in [0.3, 0.4) is 0 Å². The Kier molecular flexibility index (Phi) is 3.55. The lowest BCUT2D eigenvalue weighted by Gasteiger charge is -1.95. The second-order valence-corrected chi connectivity index (χ2v) is 1.30. The van der Waals surface area contributed by atoms with E-state index in [0.29, 0.717) is 0 Å². The van der Waals surface area contributed by atoms with Crippen molar-refractivity contribution in [3.05, 3.63) is 31.5 Å². The molecule has 0 aliphatic heterocycles. The van der Waals surface area contributed by atoms with Crippen molar-refractivity contribution >= 4 is 12.4 Å². The Morgan fingerprint density at radius 3 is 2.89 bits per heavy atom. The summed E-state index contributed by atoms with van der Waals surface area (Å²) in [5.41, 5.74) is 2.81. The number of aromatic nitrogens is 2. The highest BCUT2D eigenvalue weighted by Crippen LogP contribution is 1.77. The molecule has 0 radical (unpaired) electrons. The van der Waals surface area contributed by atoms with Gasteiger partial charge in [-0.05, 0) is 0 Å². The minimum absolute atomic E-state index is 0. The third kappa shape index (κ3) is 2.19. The number of nitrogens with one attached hydrogen (secondary N) is 1. The lowest BCUT2D eigenvalue weighted by Crippen LogP contribution is -2.02. The molecule has 0 aliphatic rings. The zero-order valence-electron chi connectivity index (χ0n) is 4.82. The average Bonchev–Trinajstić information content (AvgIpc) is 2.19. The van der Waals surface area contributed by atoms with Crippen LogP contribution in [0.1, 0.15) is 0 Å². The molecule has 1 aromatic rings. The molecule has 3 nitrogen and oxygen atoms in total. The van der Waals surface area contributed by atoms with Gasteiger partial charge in [0.2, 0.25) is 0 Å². The molecule has 0 atom stereocenters. The Morgan fingerprint density at radius 2 is 2.44 bits per heavy atom. The number of imidazole rings is 1. The number of hydrogen-bond acceptors (Lipinski definition) is 2. The zero-order chi connectivity index (χ0) is 5.82. The Bertz CT molecular complexity index is 159. The fourth-order valence-electron chi connectivity index (χ4n) is 0.441. The summed E-state index contributed by atoms with van der Waals surface area (Å²) in [6.07, 6.45) is 6.72. The highest BCUT2D eigenvalue weighted by Gasteiger charge is 1.76. The molecular formula is C5H8ClN3. The minimum atomic E-state index is 0. The summed E-state index contributed by atoms with van der Waals surface area (Å²) in [6.45, 7) is 3.48. The van der Waals surface area contributed by atoms with Gasteiger partial charge in [0.05, 0.1) is 0 Å². The van der Waals surface area contributed by atoms with E-state index >= 15 is 0 Å². The van der Waals surface area contributed by atoms with Crippen LogP contribution in [0.5, 0.6) is 0 Å². The van der Waals surface area contributed by atoms with Gasteiger partial charge < -0.3 is 5.43 Å². The summed E-state index contributed by atoms with van der Waals surface area (Å²) in [4.78, 5) is 3.79. The third-order valence-electron chi connectivity index (χ3n) is 0.745. The lowest BCUT2D eigenvalue weighted by atomic mass is 10.9. The molecule has 0 saturated carbocycles. The maximum absolute atomic E-state index is 3.79. The minimum Gasteiger partial charge on any atom is -0.301 e. The van der Waals surface area contributed by atoms with Crippen LogP contribution in [0.4, 0.5) is 0 Å². The molecule has 0 aromatic carbocycles. The van der Waals surface area contributed by atoms with E-state index in [1.54, 1.807) is 29.6 Å². The van der Waals surface area contributed by atoms with Crippen LogP contribution >= 0.6 is 12.4 Å². The Morgan fingerprint density at radius 1 is 1.67 bits per heavy atom. The van der Waals surface area contributed by atoms with Crippen molar-refractivity contribution in [2.75, 3.05) is 5.43 Å².